The van der Waals surface area contributed by atoms with Crippen LogP contribution < -0.4 is 11.1 Å². The maximum absolute atomic E-state index is 13.2. The van der Waals surface area contributed by atoms with Gasteiger partial charge in [0.05, 0.1) is 11.7 Å². The summed E-state index contributed by atoms with van der Waals surface area (Å²) in [5, 5.41) is 2.12. The van der Waals surface area contributed by atoms with Crippen LogP contribution in [0.2, 0.25) is 0 Å². The molecule has 0 aromatic heterocycles. The number of anilines is 1. The van der Waals surface area contributed by atoms with Crippen molar-refractivity contribution in [2.45, 2.75) is 25.8 Å². The van der Waals surface area contributed by atoms with Crippen LogP contribution in [0.3, 0.4) is 0 Å². The van der Waals surface area contributed by atoms with Crippen molar-refractivity contribution < 1.29 is 18.0 Å². The minimum absolute atomic E-state index is 0.371. The first-order valence-corrected chi connectivity index (χ1v) is 5.16. The van der Waals surface area contributed by atoms with Crippen molar-refractivity contribution in [3.63, 3.8) is 0 Å². The van der Waals surface area contributed by atoms with Gasteiger partial charge in [-0.15, -0.1) is 0 Å². The van der Waals surface area contributed by atoms with Crippen LogP contribution >= 0.6 is 0 Å². The first-order chi connectivity index (χ1) is 7.95. The number of benzene rings is 1. The summed E-state index contributed by atoms with van der Waals surface area (Å²) >= 11 is 0. The van der Waals surface area contributed by atoms with Gasteiger partial charge in [-0.05, 0) is 6.42 Å². The molecule has 0 radical (unpaired) electrons. The number of hydrogen-bond donors (Lipinski definition) is 2. The molecule has 1 atom stereocenters. The van der Waals surface area contributed by atoms with Crippen LogP contribution in [-0.2, 0) is 4.79 Å². The zero-order valence-corrected chi connectivity index (χ0v) is 9.27. The molecule has 1 aromatic carbocycles. The average Bonchev–Trinajstić information content (AvgIpc) is 2.26. The van der Waals surface area contributed by atoms with Crippen molar-refractivity contribution in [2.75, 3.05) is 5.32 Å². The van der Waals surface area contributed by atoms with Gasteiger partial charge in [-0.1, -0.05) is 13.3 Å². The molecule has 3 nitrogen and oxygen atoms in total. The van der Waals surface area contributed by atoms with E-state index in [9.17, 15) is 18.0 Å². The number of nitrogens with two attached hydrogens (primary N) is 1. The molecule has 0 aliphatic carbocycles. The summed E-state index contributed by atoms with van der Waals surface area (Å²) in [6.07, 6.45) is 1.12. The molecule has 0 fully saturated rings. The van der Waals surface area contributed by atoms with Gasteiger partial charge < -0.3 is 11.1 Å². The van der Waals surface area contributed by atoms with Crippen molar-refractivity contribution in [1.29, 1.82) is 0 Å². The van der Waals surface area contributed by atoms with Crippen LogP contribution in [0.4, 0.5) is 18.9 Å². The maximum Gasteiger partial charge on any atom is 0.241 e. The summed E-state index contributed by atoms with van der Waals surface area (Å²) in [6, 6.07) is 0.157. The monoisotopic (exact) mass is 246 g/mol. The first kappa shape index (κ1) is 13.5. The molecule has 1 rings (SSSR count). The SMILES string of the molecule is CCC[C@H](N)C(=O)Nc1cc(F)c(F)cc1F. The second kappa shape index (κ2) is 5.67. The van der Waals surface area contributed by atoms with Gasteiger partial charge >= 0.3 is 0 Å². The van der Waals surface area contributed by atoms with Crippen LogP contribution in [0.5, 0.6) is 0 Å². The second-order valence-corrected chi connectivity index (χ2v) is 3.63. The van der Waals surface area contributed by atoms with E-state index in [1.54, 1.807) is 0 Å². The van der Waals surface area contributed by atoms with E-state index in [2.05, 4.69) is 5.32 Å². The molecule has 0 heterocycles. The minimum atomic E-state index is -1.31. The molecule has 0 aliphatic heterocycles. The Kier molecular flexibility index (Phi) is 4.51. The molecule has 6 heteroatoms. The lowest BCUT2D eigenvalue weighted by molar-refractivity contribution is -0.117. The van der Waals surface area contributed by atoms with E-state index in [-0.39, 0.29) is 0 Å². The number of halogens is 3. The lowest BCUT2D eigenvalue weighted by Gasteiger charge is -2.11. The molecule has 94 valence electrons. The van der Waals surface area contributed by atoms with Crippen LogP contribution in [0.1, 0.15) is 19.8 Å². The summed E-state index contributed by atoms with van der Waals surface area (Å²) < 4.78 is 38.6. The quantitative estimate of drug-likeness (QED) is 0.800. The fourth-order valence-electron chi connectivity index (χ4n) is 1.29. The summed E-state index contributed by atoms with van der Waals surface area (Å²) in [4.78, 5) is 11.4. The van der Waals surface area contributed by atoms with Crippen LogP contribution in [0.15, 0.2) is 12.1 Å². The predicted molar refractivity (Wildman–Crippen MR) is 57.8 cm³/mol. The smallest absolute Gasteiger partial charge is 0.241 e. The highest BCUT2D eigenvalue weighted by atomic mass is 19.2. The van der Waals surface area contributed by atoms with E-state index < -0.39 is 35.1 Å². The molecule has 0 saturated heterocycles. The zero-order chi connectivity index (χ0) is 13.0. The molecular formula is C11H13F3N2O. The number of carbonyl (C=O) groups is 1. The van der Waals surface area contributed by atoms with E-state index >= 15 is 0 Å². The topological polar surface area (TPSA) is 55.1 Å². The van der Waals surface area contributed by atoms with Crippen LogP contribution in [0.25, 0.3) is 0 Å². The maximum atomic E-state index is 13.2. The molecule has 1 aromatic rings. The highest BCUT2D eigenvalue weighted by Crippen LogP contribution is 2.18. The number of rotatable bonds is 4. The van der Waals surface area contributed by atoms with E-state index in [1.807, 2.05) is 6.92 Å². The Bertz CT molecular complexity index is 423. The van der Waals surface area contributed by atoms with Gasteiger partial charge in [-0.3, -0.25) is 4.79 Å². The van der Waals surface area contributed by atoms with Gasteiger partial charge in [0.2, 0.25) is 5.91 Å². The Labute approximate surface area is 96.8 Å². The van der Waals surface area contributed by atoms with Gasteiger partial charge in [-0.25, -0.2) is 13.2 Å². The third kappa shape index (κ3) is 3.45. The summed E-state index contributed by atoms with van der Waals surface area (Å²) in [7, 11) is 0. The Morgan fingerprint density at radius 1 is 1.29 bits per heavy atom. The Morgan fingerprint density at radius 2 is 1.88 bits per heavy atom. The lowest BCUT2D eigenvalue weighted by atomic mass is 10.1. The van der Waals surface area contributed by atoms with E-state index in [0.29, 0.717) is 25.0 Å². The molecule has 0 saturated carbocycles. The normalized spacial score (nSPS) is 12.3. The zero-order valence-electron chi connectivity index (χ0n) is 9.27. The largest absolute Gasteiger partial charge is 0.322 e. The number of nitrogens with one attached hydrogen (secondary N) is 1. The van der Waals surface area contributed by atoms with Crippen LogP contribution in [0, 0.1) is 17.5 Å². The van der Waals surface area contributed by atoms with Gasteiger partial charge in [0, 0.05) is 12.1 Å². The van der Waals surface area contributed by atoms with Gasteiger partial charge in [0.15, 0.2) is 11.6 Å². The van der Waals surface area contributed by atoms with Crippen molar-refractivity contribution in [3.8, 4) is 0 Å². The fourth-order valence-corrected chi connectivity index (χ4v) is 1.29. The van der Waals surface area contributed by atoms with Crippen molar-refractivity contribution in [1.82, 2.24) is 0 Å². The lowest BCUT2D eigenvalue weighted by Crippen LogP contribution is -2.35. The standard InChI is InChI=1S/C11H13F3N2O/c1-2-3-9(15)11(17)16-10-5-7(13)6(12)4-8(10)14/h4-5,9H,2-3,15H2,1H3,(H,16,17)/t9-/m0/s1. The second-order valence-electron chi connectivity index (χ2n) is 3.63. The number of carbonyl (C=O) groups excluding carboxylic acids is 1. The molecule has 1 amide bonds. The van der Waals surface area contributed by atoms with E-state index in [4.69, 9.17) is 5.73 Å². The summed E-state index contributed by atoms with van der Waals surface area (Å²) in [5.74, 6) is -4.21. The first-order valence-electron chi connectivity index (χ1n) is 5.16. The van der Waals surface area contributed by atoms with Gasteiger partial charge in [0.25, 0.3) is 0 Å². The molecule has 0 unspecified atom stereocenters. The van der Waals surface area contributed by atoms with Crippen molar-refractivity contribution in [3.05, 3.63) is 29.6 Å². The molecule has 17 heavy (non-hydrogen) atoms. The molecule has 0 bridgehead atoms. The van der Waals surface area contributed by atoms with Crippen molar-refractivity contribution in [2.24, 2.45) is 5.73 Å². The molecule has 3 N–H and O–H groups in total. The molecule has 0 spiro atoms. The number of amides is 1. The summed E-state index contributed by atoms with van der Waals surface area (Å²) in [6.45, 7) is 1.84. The third-order valence-electron chi connectivity index (χ3n) is 2.20. The Morgan fingerprint density at radius 3 is 2.47 bits per heavy atom. The van der Waals surface area contributed by atoms with E-state index in [1.165, 1.54) is 0 Å². The average molecular weight is 246 g/mol. The highest BCUT2D eigenvalue weighted by molar-refractivity contribution is 5.94. The predicted octanol–water partition coefficient (Wildman–Crippen LogP) is 2.17. The van der Waals surface area contributed by atoms with Gasteiger partial charge in [0.1, 0.15) is 5.82 Å². The minimum Gasteiger partial charge on any atom is -0.322 e. The fraction of sp³-hybridized carbons (Fsp3) is 0.364. The Hall–Kier alpha value is -1.56. The van der Waals surface area contributed by atoms with Crippen LogP contribution in [-0.4, -0.2) is 11.9 Å². The van der Waals surface area contributed by atoms with Gasteiger partial charge in [-0.2, -0.15) is 0 Å². The Balaban J connectivity index is 2.81. The van der Waals surface area contributed by atoms with E-state index in [0.717, 1.165) is 0 Å². The molecular weight excluding hydrogens is 233 g/mol. The third-order valence-corrected chi connectivity index (χ3v) is 2.20. The van der Waals surface area contributed by atoms with Crippen molar-refractivity contribution >= 4 is 11.6 Å². The number of hydrogen-bond acceptors (Lipinski definition) is 2. The summed E-state index contributed by atoms with van der Waals surface area (Å²) in [5.41, 5.74) is 5.08. The highest BCUT2D eigenvalue weighted by Gasteiger charge is 2.16. The molecule has 0 aliphatic rings.